The fourth-order valence-electron chi connectivity index (χ4n) is 1.81. The first kappa shape index (κ1) is 14.1. The zero-order valence-electron chi connectivity index (χ0n) is 10.3. The maximum Gasteiger partial charge on any atom is 0.335 e. The van der Waals surface area contributed by atoms with E-state index in [1.807, 2.05) is 0 Å². The van der Waals surface area contributed by atoms with Gasteiger partial charge in [-0.05, 0) is 18.2 Å². The van der Waals surface area contributed by atoms with Gasteiger partial charge in [0.2, 0.25) is 5.91 Å². The van der Waals surface area contributed by atoms with Gasteiger partial charge in [0, 0.05) is 13.0 Å². The highest BCUT2D eigenvalue weighted by atomic mass is 35.5. The molecule has 0 radical (unpaired) electrons. The monoisotopic (exact) mass is 297 g/mol. The van der Waals surface area contributed by atoms with E-state index < -0.39 is 12.0 Å². The first-order valence-electron chi connectivity index (χ1n) is 5.83. The van der Waals surface area contributed by atoms with Gasteiger partial charge in [0.1, 0.15) is 0 Å². The van der Waals surface area contributed by atoms with Crippen molar-refractivity contribution in [3.63, 3.8) is 0 Å². The van der Waals surface area contributed by atoms with E-state index in [1.165, 1.54) is 18.2 Å². The SMILES string of the molecule is O=C1CC(NC(=O)Nc2cc(C(=O)O)ccc2Cl)CN1. The third-order valence-electron chi connectivity index (χ3n) is 2.77. The number of aromatic carboxylic acids is 1. The fraction of sp³-hybridized carbons (Fsp3) is 0.250. The van der Waals surface area contributed by atoms with Crippen LogP contribution < -0.4 is 16.0 Å². The maximum atomic E-state index is 11.7. The number of rotatable bonds is 3. The van der Waals surface area contributed by atoms with E-state index in [4.69, 9.17) is 16.7 Å². The molecule has 1 saturated heterocycles. The van der Waals surface area contributed by atoms with Gasteiger partial charge >= 0.3 is 12.0 Å². The molecule has 1 heterocycles. The second kappa shape index (κ2) is 5.79. The highest BCUT2D eigenvalue weighted by Crippen LogP contribution is 2.23. The Labute approximate surface area is 119 Å². The Bertz CT molecular complexity index is 576. The van der Waals surface area contributed by atoms with E-state index in [-0.39, 0.29) is 34.6 Å². The average molecular weight is 298 g/mol. The molecular weight excluding hydrogens is 286 g/mol. The number of carboxylic acids is 1. The van der Waals surface area contributed by atoms with Crippen molar-refractivity contribution >= 4 is 35.2 Å². The van der Waals surface area contributed by atoms with Crippen molar-refractivity contribution in [3.8, 4) is 0 Å². The minimum Gasteiger partial charge on any atom is -0.478 e. The van der Waals surface area contributed by atoms with Crippen LogP contribution in [0.5, 0.6) is 0 Å². The van der Waals surface area contributed by atoms with Crippen molar-refractivity contribution in [2.75, 3.05) is 11.9 Å². The number of carbonyl (C=O) groups is 3. The number of nitrogens with one attached hydrogen (secondary N) is 3. The Morgan fingerprint density at radius 3 is 2.75 bits per heavy atom. The standard InChI is InChI=1S/C12H12ClN3O4/c13-8-2-1-6(11(18)19)3-9(8)16-12(20)15-7-4-10(17)14-5-7/h1-3,7H,4-5H2,(H,14,17)(H,18,19)(H2,15,16,20). The van der Waals surface area contributed by atoms with Crippen LogP contribution >= 0.6 is 11.6 Å². The lowest BCUT2D eigenvalue weighted by atomic mass is 10.2. The van der Waals surface area contributed by atoms with Crippen molar-refractivity contribution in [3.05, 3.63) is 28.8 Å². The number of urea groups is 1. The number of hydrogen-bond acceptors (Lipinski definition) is 3. The lowest BCUT2D eigenvalue weighted by molar-refractivity contribution is -0.119. The molecule has 7 nitrogen and oxygen atoms in total. The lowest BCUT2D eigenvalue weighted by Gasteiger charge is -2.13. The van der Waals surface area contributed by atoms with Gasteiger partial charge in [-0.2, -0.15) is 0 Å². The summed E-state index contributed by atoms with van der Waals surface area (Å²) in [6.45, 7) is 0.370. The highest BCUT2D eigenvalue weighted by molar-refractivity contribution is 6.33. The molecule has 4 N–H and O–H groups in total. The number of anilines is 1. The van der Waals surface area contributed by atoms with Gasteiger partial charge in [-0.3, -0.25) is 4.79 Å². The molecule has 106 valence electrons. The quantitative estimate of drug-likeness (QED) is 0.669. The molecule has 1 aliphatic heterocycles. The molecule has 1 atom stereocenters. The number of carboxylic acid groups (broad SMARTS) is 1. The molecule has 1 aromatic rings. The van der Waals surface area contributed by atoms with E-state index in [0.717, 1.165) is 0 Å². The Morgan fingerprint density at radius 1 is 1.40 bits per heavy atom. The van der Waals surface area contributed by atoms with Crippen LogP contribution in [0.2, 0.25) is 5.02 Å². The van der Waals surface area contributed by atoms with Gasteiger partial charge in [-0.1, -0.05) is 11.6 Å². The summed E-state index contributed by atoms with van der Waals surface area (Å²) in [4.78, 5) is 33.6. The summed E-state index contributed by atoms with van der Waals surface area (Å²) in [5, 5.41) is 16.7. The zero-order valence-corrected chi connectivity index (χ0v) is 11.0. The van der Waals surface area contributed by atoms with Crippen molar-refractivity contribution in [1.29, 1.82) is 0 Å². The van der Waals surface area contributed by atoms with Crippen LogP contribution in [0.3, 0.4) is 0 Å². The summed E-state index contributed by atoms with van der Waals surface area (Å²) < 4.78 is 0. The van der Waals surface area contributed by atoms with E-state index in [2.05, 4.69) is 16.0 Å². The molecule has 1 aromatic carbocycles. The van der Waals surface area contributed by atoms with Crippen molar-refractivity contribution < 1.29 is 19.5 Å². The van der Waals surface area contributed by atoms with Crippen LogP contribution in [-0.4, -0.2) is 35.6 Å². The van der Waals surface area contributed by atoms with Gasteiger partial charge in [0.05, 0.1) is 22.3 Å². The Balaban J connectivity index is 2.02. The molecule has 0 saturated carbocycles. The Morgan fingerprint density at radius 2 is 2.15 bits per heavy atom. The smallest absolute Gasteiger partial charge is 0.335 e. The predicted octanol–water partition coefficient (Wildman–Crippen LogP) is 1.05. The van der Waals surface area contributed by atoms with Gasteiger partial charge in [0.25, 0.3) is 0 Å². The molecule has 3 amide bonds. The molecule has 1 aliphatic rings. The predicted molar refractivity (Wildman–Crippen MR) is 72.0 cm³/mol. The Hall–Kier alpha value is -2.28. The molecule has 1 unspecified atom stereocenters. The second-order valence-corrected chi connectivity index (χ2v) is 4.71. The Kier molecular flexibility index (Phi) is 4.09. The summed E-state index contributed by atoms with van der Waals surface area (Å²) in [6, 6.07) is 3.16. The number of hydrogen-bond donors (Lipinski definition) is 4. The topological polar surface area (TPSA) is 108 Å². The largest absolute Gasteiger partial charge is 0.478 e. The molecule has 1 fully saturated rings. The third-order valence-corrected chi connectivity index (χ3v) is 3.10. The minimum atomic E-state index is -1.12. The van der Waals surface area contributed by atoms with Crippen LogP contribution in [0.1, 0.15) is 16.8 Å². The summed E-state index contributed by atoms with van der Waals surface area (Å²) in [7, 11) is 0. The van der Waals surface area contributed by atoms with Gasteiger partial charge in [-0.15, -0.1) is 0 Å². The average Bonchev–Trinajstić information content (AvgIpc) is 2.77. The van der Waals surface area contributed by atoms with Gasteiger partial charge < -0.3 is 21.1 Å². The number of amides is 3. The highest BCUT2D eigenvalue weighted by Gasteiger charge is 2.23. The van der Waals surface area contributed by atoms with Crippen LogP contribution in [-0.2, 0) is 4.79 Å². The summed E-state index contributed by atoms with van der Waals surface area (Å²) in [5.74, 6) is -1.24. The maximum absolute atomic E-state index is 11.7. The van der Waals surface area contributed by atoms with E-state index in [9.17, 15) is 14.4 Å². The molecule has 8 heteroatoms. The normalized spacial score (nSPS) is 17.4. The van der Waals surface area contributed by atoms with Crippen LogP contribution in [0, 0.1) is 0 Å². The minimum absolute atomic E-state index is 0.0161. The van der Waals surface area contributed by atoms with Crippen molar-refractivity contribution in [2.45, 2.75) is 12.5 Å². The van der Waals surface area contributed by atoms with Gasteiger partial charge in [0.15, 0.2) is 0 Å². The van der Waals surface area contributed by atoms with E-state index in [1.54, 1.807) is 0 Å². The number of carbonyl (C=O) groups excluding carboxylic acids is 2. The molecular formula is C12H12ClN3O4. The van der Waals surface area contributed by atoms with Crippen LogP contribution in [0.25, 0.3) is 0 Å². The molecule has 0 aliphatic carbocycles. The van der Waals surface area contributed by atoms with E-state index in [0.29, 0.717) is 6.54 Å². The fourth-order valence-corrected chi connectivity index (χ4v) is 1.97. The molecule has 0 aromatic heterocycles. The lowest BCUT2D eigenvalue weighted by Crippen LogP contribution is -2.39. The van der Waals surface area contributed by atoms with Crippen molar-refractivity contribution in [1.82, 2.24) is 10.6 Å². The third kappa shape index (κ3) is 3.39. The summed E-state index contributed by atoms with van der Waals surface area (Å²) >= 11 is 5.88. The molecule has 0 bridgehead atoms. The van der Waals surface area contributed by atoms with E-state index >= 15 is 0 Å². The first-order valence-corrected chi connectivity index (χ1v) is 6.20. The van der Waals surface area contributed by atoms with Gasteiger partial charge in [-0.25, -0.2) is 9.59 Å². The molecule has 0 spiro atoms. The number of benzene rings is 1. The molecule has 2 rings (SSSR count). The second-order valence-electron chi connectivity index (χ2n) is 4.30. The zero-order chi connectivity index (χ0) is 14.7. The summed E-state index contributed by atoms with van der Waals surface area (Å²) in [6.07, 6.45) is 0.219. The van der Waals surface area contributed by atoms with Crippen LogP contribution in [0.4, 0.5) is 10.5 Å². The first-order chi connectivity index (χ1) is 9.45. The molecule has 20 heavy (non-hydrogen) atoms. The summed E-state index contributed by atoms with van der Waals surface area (Å²) in [5.41, 5.74) is 0.212. The number of halogens is 1. The van der Waals surface area contributed by atoms with Crippen molar-refractivity contribution in [2.24, 2.45) is 0 Å². The van der Waals surface area contributed by atoms with Crippen LogP contribution in [0.15, 0.2) is 18.2 Å².